The molecule has 0 radical (unpaired) electrons. The van der Waals surface area contributed by atoms with Crippen LogP contribution in [-0.2, 0) is 4.74 Å². The minimum Gasteiger partial charge on any atom is -0.494 e. The van der Waals surface area contributed by atoms with Crippen molar-refractivity contribution in [3.63, 3.8) is 0 Å². The third-order valence-electron chi connectivity index (χ3n) is 6.07. The Morgan fingerprint density at radius 3 is 2.59 bits per heavy atom. The number of nitrogens with one attached hydrogen (secondary N) is 1. The maximum Gasteiger partial charge on any atom is 0.342 e. The second-order valence-electron chi connectivity index (χ2n) is 9.65. The first-order chi connectivity index (χ1) is 19.1. The predicted molar refractivity (Wildman–Crippen MR) is 158 cm³/mol. The molecule has 13 nitrogen and oxygen atoms in total. The van der Waals surface area contributed by atoms with Gasteiger partial charge in [-0.3, -0.25) is 10.1 Å². The van der Waals surface area contributed by atoms with Crippen LogP contribution < -0.4 is 15.0 Å². The highest BCUT2D eigenvalue weighted by atomic mass is 16.6. The first kappa shape index (κ1) is 30.8. The van der Waals surface area contributed by atoms with Crippen LogP contribution in [0.15, 0.2) is 48.9 Å². The van der Waals surface area contributed by atoms with Gasteiger partial charge in [0.2, 0.25) is 5.95 Å². The molecule has 0 saturated carbocycles. The minimum atomic E-state index is -0.579. The largest absolute Gasteiger partial charge is 0.494 e. The summed E-state index contributed by atoms with van der Waals surface area (Å²) in [6.45, 7) is 4.79. The van der Waals surface area contributed by atoms with Gasteiger partial charge in [-0.2, -0.15) is 5.10 Å². The van der Waals surface area contributed by atoms with Crippen LogP contribution in [-0.4, -0.2) is 82.8 Å². The van der Waals surface area contributed by atoms with Crippen LogP contribution in [0.4, 0.5) is 23.0 Å². The van der Waals surface area contributed by atoms with Gasteiger partial charge in [-0.05, 0) is 40.1 Å². The molecule has 0 saturated heterocycles. The van der Waals surface area contributed by atoms with E-state index in [-0.39, 0.29) is 30.7 Å². The summed E-state index contributed by atoms with van der Waals surface area (Å²) >= 11 is 0. The van der Waals surface area contributed by atoms with Gasteiger partial charge in [0.05, 0.1) is 41.2 Å². The molecule has 0 atom stereocenters. The molecule has 1 N–H and O–H groups in total. The molecule has 0 bridgehead atoms. The van der Waals surface area contributed by atoms with Crippen molar-refractivity contribution in [2.45, 2.75) is 27.4 Å². The summed E-state index contributed by atoms with van der Waals surface area (Å²) in [5.74, 6) is -0.111. The number of likely N-dealkylation sites (N-methyl/N-ethyl adjacent to an activating group) is 2. The lowest BCUT2D eigenvalue weighted by Crippen LogP contribution is -2.29. The molecule has 3 heterocycles. The van der Waals surface area contributed by atoms with E-state index in [0.717, 1.165) is 5.52 Å². The standard InChI is InChI=1S/C27H32N8O5.CH4/c1-17(2)40-26(36)19-15-28-27(31-25(19)18-16-29-34-10-8-7-9-21(18)34)30-20-13-23(35(37)38)22(14-24(20)39-6)33(5)12-11-32(3)4;/h7-10,13-17H,11-12H2,1-6H3,(H,28,30,31);1H4. The van der Waals surface area contributed by atoms with Gasteiger partial charge in [0.25, 0.3) is 5.69 Å². The fourth-order valence-corrected chi connectivity index (χ4v) is 4.06. The zero-order valence-corrected chi connectivity index (χ0v) is 23.3. The number of rotatable bonds is 11. The molecule has 0 unspecified atom stereocenters. The van der Waals surface area contributed by atoms with E-state index in [2.05, 4.69) is 20.4 Å². The van der Waals surface area contributed by atoms with Crippen molar-refractivity contribution in [1.29, 1.82) is 0 Å². The Morgan fingerprint density at radius 1 is 1.17 bits per heavy atom. The van der Waals surface area contributed by atoms with Crippen LogP contribution in [0.25, 0.3) is 16.8 Å². The maximum atomic E-state index is 12.9. The number of methoxy groups -OCH3 is 1. The van der Waals surface area contributed by atoms with Crippen LogP contribution in [0, 0.1) is 10.1 Å². The van der Waals surface area contributed by atoms with Gasteiger partial charge >= 0.3 is 5.97 Å². The number of aromatic nitrogens is 4. The third-order valence-corrected chi connectivity index (χ3v) is 6.07. The Balaban J connectivity index is 0.00000462. The summed E-state index contributed by atoms with van der Waals surface area (Å²) in [5, 5.41) is 19.4. The molecule has 0 spiro atoms. The zero-order chi connectivity index (χ0) is 29.0. The second kappa shape index (κ2) is 13.0. The number of nitro benzene ring substituents is 1. The molecule has 41 heavy (non-hydrogen) atoms. The van der Waals surface area contributed by atoms with E-state index in [1.54, 1.807) is 48.8 Å². The van der Waals surface area contributed by atoms with Gasteiger partial charge in [-0.25, -0.2) is 19.3 Å². The molecule has 0 aliphatic carbocycles. The predicted octanol–water partition coefficient (Wildman–Crippen LogP) is 4.65. The van der Waals surface area contributed by atoms with E-state index in [1.807, 2.05) is 37.2 Å². The normalized spacial score (nSPS) is 10.9. The molecule has 1 aromatic carbocycles. The van der Waals surface area contributed by atoms with Crippen LogP contribution >= 0.6 is 0 Å². The lowest BCUT2D eigenvalue weighted by molar-refractivity contribution is -0.384. The Bertz CT molecular complexity index is 1540. The summed E-state index contributed by atoms with van der Waals surface area (Å²) in [5.41, 5.74) is 2.38. The number of carbonyl (C=O) groups excluding carboxylic acids is 1. The second-order valence-corrected chi connectivity index (χ2v) is 9.65. The highest BCUT2D eigenvalue weighted by Gasteiger charge is 2.24. The Hall–Kier alpha value is -4.78. The van der Waals surface area contributed by atoms with Gasteiger partial charge in [0.1, 0.15) is 17.0 Å². The van der Waals surface area contributed by atoms with Crippen molar-refractivity contribution in [3.05, 3.63) is 64.6 Å². The van der Waals surface area contributed by atoms with E-state index in [9.17, 15) is 14.9 Å². The molecular weight excluding hydrogens is 528 g/mol. The quantitative estimate of drug-likeness (QED) is 0.155. The Kier molecular flexibility index (Phi) is 9.79. The monoisotopic (exact) mass is 564 g/mol. The summed E-state index contributed by atoms with van der Waals surface area (Å²) in [6.07, 6.45) is 4.41. The van der Waals surface area contributed by atoms with E-state index in [1.165, 1.54) is 19.4 Å². The van der Waals surface area contributed by atoms with Crippen LogP contribution in [0.2, 0.25) is 0 Å². The van der Waals surface area contributed by atoms with Crippen LogP contribution in [0.1, 0.15) is 31.6 Å². The van der Waals surface area contributed by atoms with E-state index in [4.69, 9.17) is 9.47 Å². The van der Waals surface area contributed by atoms with Gasteiger partial charge < -0.3 is 24.6 Å². The molecule has 0 amide bonds. The number of benzene rings is 1. The van der Waals surface area contributed by atoms with E-state index >= 15 is 0 Å². The zero-order valence-electron chi connectivity index (χ0n) is 23.3. The first-order valence-electron chi connectivity index (χ1n) is 12.6. The van der Waals surface area contributed by atoms with Crippen molar-refractivity contribution in [2.24, 2.45) is 0 Å². The van der Waals surface area contributed by atoms with Gasteiger partial charge in [0, 0.05) is 50.2 Å². The highest BCUT2D eigenvalue weighted by Crippen LogP contribution is 2.39. The lowest BCUT2D eigenvalue weighted by atomic mass is 10.1. The summed E-state index contributed by atoms with van der Waals surface area (Å²) in [7, 11) is 7.14. The molecule has 13 heteroatoms. The fourth-order valence-electron chi connectivity index (χ4n) is 4.06. The number of ether oxygens (including phenoxy) is 2. The van der Waals surface area contributed by atoms with Crippen molar-refractivity contribution in [3.8, 4) is 17.0 Å². The smallest absolute Gasteiger partial charge is 0.342 e. The number of hydrogen-bond donors (Lipinski definition) is 1. The molecule has 0 aliphatic rings. The van der Waals surface area contributed by atoms with Crippen molar-refractivity contribution in [1.82, 2.24) is 24.5 Å². The van der Waals surface area contributed by atoms with E-state index < -0.39 is 10.9 Å². The van der Waals surface area contributed by atoms with Gasteiger partial charge in [-0.1, -0.05) is 13.5 Å². The van der Waals surface area contributed by atoms with Crippen molar-refractivity contribution < 1.29 is 19.2 Å². The molecule has 0 aliphatic heterocycles. The molecule has 4 aromatic rings. The summed E-state index contributed by atoms with van der Waals surface area (Å²) in [4.78, 5) is 37.3. The lowest BCUT2D eigenvalue weighted by Gasteiger charge is -2.22. The third kappa shape index (κ3) is 6.87. The Morgan fingerprint density at radius 2 is 1.93 bits per heavy atom. The molecule has 0 fully saturated rings. The number of fused-ring (bicyclic) bond motifs is 1. The van der Waals surface area contributed by atoms with Crippen LogP contribution in [0.3, 0.4) is 0 Å². The fraction of sp³-hybridized carbons (Fsp3) is 0.357. The van der Waals surface area contributed by atoms with Crippen LogP contribution in [0.5, 0.6) is 5.75 Å². The number of nitrogens with zero attached hydrogens (tertiary/aromatic N) is 7. The molecular formula is C28H36N8O5. The average molecular weight is 565 g/mol. The summed E-state index contributed by atoms with van der Waals surface area (Å²) < 4.78 is 12.7. The Labute approximate surface area is 238 Å². The number of pyridine rings is 1. The number of nitro groups is 1. The topological polar surface area (TPSA) is 140 Å². The number of anilines is 3. The molecule has 3 aromatic heterocycles. The number of carbonyl (C=O) groups is 1. The van der Waals surface area contributed by atoms with E-state index in [0.29, 0.717) is 41.5 Å². The number of hydrogen-bond acceptors (Lipinski definition) is 11. The number of esters is 1. The SMILES string of the molecule is C.COc1cc(N(C)CCN(C)C)c([N+](=O)[O-])cc1Nc1ncc(C(=O)OC(C)C)c(-c2cnn3ccccc23)n1. The molecule has 218 valence electrons. The van der Waals surface area contributed by atoms with Crippen molar-refractivity contribution >= 4 is 34.5 Å². The van der Waals surface area contributed by atoms with Gasteiger partial charge in [-0.15, -0.1) is 0 Å². The first-order valence-corrected chi connectivity index (χ1v) is 12.6. The van der Waals surface area contributed by atoms with Gasteiger partial charge in [0.15, 0.2) is 0 Å². The summed E-state index contributed by atoms with van der Waals surface area (Å²) in [6, 6.07) is 8.54. The minimum absolute atomic E-state index is 0. The molecule has 4 rings (SSSR count). The average Bonchev–Trinajstić information content (AvgIpc) is 3.35. The highest BCUT2D eigenvalue weighted by molar-refractivity contribution is 5.98. The maximum absolute atomic E-state index is 12.9. The van der Waals surface area contributed by atoms with Crippen molar-refractivity contribution in [2.75, 3.05) is 51.6 Å².